The summed E-state index contributed by atoms with van der Waals surface area (Å²) in [6, 6.07) is -0.800. The molecule has 0 saturated carbocycles. The van der Waals surface area contributed by atoms with Gasteiger partial charge in [0.05, 0.1) is 7.11 Å². The number of aliphatic carboxylic acids is 1. The summed E-state index contributed by atoms with van der Waals surface area (Å²) in [4.78, 5) is 31.7. The Morgan fingerprint density at radius 1 is 1.36 bits per heavy atom. The Morgan fingerprint density at radius 2 is 1.93 bits per heavy atom. The van der Waals surface area contributed by atoms with E-state index in [9.17, 15) is 14.4 Å². The van der Waals surface area contributed by atoms with Crippen molar-refractivity contribution in [2.24, 2.45) is 0 Å². The lowest BCUT2D eigenvalue weighted by Gasteiger charge is -2.08. The minimum Gasteiger partial charge on any atom is -0.478 e. The van der Waals surface area contributed by atoms with E-state index < -0.39 is 23.9 Å². The number of methoxy groups -OCH3 is 1. The van der Waals surface area contributed by atoms with Gasteiger partial charge in [-0.25, -0.2) is 9.59 Å². The van der Waals surface area contributed by atoms with Gasteiger partial charge in [-0.3, -0.25) is 4.79 Å². The first-order valence-electron chi connectivity index (χ1n) is 3.76. The number of carboxylic acid groups (broad SMARTS) is 1. The van der Waals surface area contributed by atoms with Gasteiger partial charge in [0, 0.05) is 12.2 Å². The minimum atomic E-state index is -1.23. The van der Waals surface area contributed by atoms with Gasteiger partial charge in [0.25, 0.3) is 0 Å². The molecule has 0 spiro atoms. The van der Waals surface area contributed by atoms with Gasteiger partial charge < -0.3 is 15.2 Å². The Balaban J connectivity index is 4.07. The van der Waals surface area contributed by atoms with E-state index in [-0.39, 0.29) is 0 Å². The lowest BCUT2D eigenvalue weighted by Crippen LogP contribution is -2.38. The van der Waals surface area contributed by atoms with Crippen LogP contribution < -0.4 is 5.32 Å². The summed E-state index contributed by atoms with van der Waals surface area (Å²) in [5, 5.41) is 10.4. The SMILES string of the molecule is COC(=O)[C@H](C)NC(=O)C=CC(=O)O. The second-order valence-corrected chi connectivity index (χ2v) is 2.43. The van der Waals surface area contributed by atoms with Crippen molar-refractivity contribution in [2.75, 3.05) is 7.11 Å². The standard InChI is InChI=1S/C8H11NO5/c1-5(8(13)14-2)9-6(10)3-4-7(11)12/h3-5H,1-2H3,(H,9,10)(H,11,12)/t5-/m0/s1. The van der Waals surface area contributed by atoms with Crippen LogP contribution in [0, 0.1) is 0 Å². The van der Waals surface area contributed by atoms with Crippen molar-refractivity contribution in [3.05, 3.63) is 12.2 Å². The Kier molecular flexibility index (Phi) is 4.98. The molecule has 2 N–H and O–H groups in total. The average Bonchev–Trinajstić information content (AvgIpc) is 2.13. The van der Waals surface area contributed by atoms with E-state index in [1.165, 1.54) is 14.0 Å². The smallest absolute Gasteiger partial charge is 0.328 e. The van der Waals surface area contributed by atoms with Gasteiger partial charge in [0.15, 0.2) is 0 Å². The molecule has 6 nitrogen and oxygen atoms in total. The molecule has 14 heavy (non-hydrogen) atoms. The third-order valence-corrected chi connectivity index (χ3v) is 1.29. The van der Waals surface area contributed by atoms with Crippen LogP contribution >= 0.6 is 0 Å². The predicted molar refractivity (Wildman–Crippen MR) is 46.4 cm³/mol. The van der Waals surface area contributed by atoms with Crippen molar-refractivity contribution in [3.8, 4) is 0 Å². The van der Waals surface area contributed by atoms with Crippen LogP contribution in [-0.2, 0) is 19.1 Å². The van der Waals surface area contributed by atoms with Gasteiger partial charge in [0.1, 0.15) is 6.04 Å². The van der Waals surface area contributed by atoms with Crippen molar-refractivity contribution >= 4 is 17.8 Å². The molecule has 0 saturated heterocycles. The Labute approximate surface area is 80.5 Å². The number of carboxylic acids is 1. The molecule has 0 aromatic heterocycles. The first kappa shape index (κ1) is 12.2. The molecule has 0 radical (unpaired) electrons. The van der Waals surface area contributed by atoms with Gasteiger partial charge in [-0.15, -0.1) is 0 Å². The quantitative estimate of drug-likeness (QED) is 0.463. The molecule has 6 heteroatoms. The summed E-state index contributed by atoms with van der Waals surface area (Å²) >= 11 is 0. The zero-order valence-corrected chi connectivity index (χ0v) is 7.81. The van der Waals surface area contributed by atoms with E-state index in [2.05, 4.69) is 10.1 Å². The molecule has 0 rings (SSSR count). The van der Waals surface area contributed by atoms with Gasteiger partial charge in [-0.05, 0) is 6.92 Å². The number of carbonyl (C=O) groups excluding carboxylic acids is 2. The van der Waals surface area contributed by atoms with Crippen LogP contribution in [0.3, 0.4) is 0 Å². The largest absolute Gasteiger partial charge is 0.478 e. The van der Waals surface area contributed by atoms with Crippen LogP contribution in [0.1, 0.15) is 6.92 Å². The van der Waals surface area contributed by atoms with E-state index in [1.807, 2.05) is 0 Å². The molecule has 0 heterocycles. The molecule has 0 fully saturated rings. The highest BCUT2D eigenvalue weighted by atomic mass is 16.5. The molecule has 0 aliphatic rings. The summed E-state index contributed by atoms with van der Waals surface area (Å²) in [6.45, 7) is 1.43. The maximum absolute atomic E-state index is 10.9. The van der Waals surface area contributed by atoms with Crippen LogP contribution in [-0.4, -0.2) is 36.1 Å². The summed E-state index contributed by atoms with van der Waals surface area (Å²) in [7, 11) is 1.19. The van der Waals surface area contributed by atoms with E-state index in [4.69, 9.17) is 5.11 Å². The third-order valence-electron chi connectivity index (χ3n) is 1.29. The van der Waals surface area contributed by atoms with Crippen LogP contribution in [0.4, 0.5) is 0 Å². The topological polar surface area (TPSA) is 92.7 Å². The molecule has 1 amide bonds. The second kappa shape index (κ2) is 5.74. The Bertz CT molecular complexity index is 271. The lowest BCUT2D eigenvalue weighted by molar-refractivity contribution is -0.144. The number of hydrogen-bond acceptors (Lipinski definition) is 4. The summed E-state index contributed by atoms with van der Waals surface area (Å²) in [5.74, 6) is -2.49. The maximum Gasteiger partial charge on any atom is 0.328 e. The minimum absolute atomic E-state index is 0.595. The third kappa shape index (κ3) is 4.91. The fraction of sp³-hybridized carbons (Fsp3) is 0.375. The molecule has 1 atom stereocenters. The van der Waals surface area contributed by atoms with Gasteiger partial charge in [0.2, 0.25) is 5.91 Å². The van der Waals surface area contributed by atoms with Crippen LogP contribution in [0.25, 0.3) is 0 Å². The zero-order chi connectivity index (χ0) is 11.1. The number of rotatable bonds is 4. The molecule has 0 aromatic carbocycles. The second-order valence-electron chi connectivity index (χ2n) is 2.43. The van der Waals surface area contributed by atoms with Crippen molar-refractivity contribution < 1.29 is 24.2 Å². The van der Waals surface area contributed by atoms with Gasteiger partial charge in [-0.2, -0.15) is 0 Å². The van der Waals surface area contributed by atoms with Crippen molar-refractivity contribution in [1.29, 1.82) is 0 Å². The highest BCUT2D eigenvalue weighted by Gasteiger charge is 2.13. The van der Waals surface area contributed by atoms with Crippen molar-refractivity contribution in [3.63, 3.8) is 0 Å². The van der Waals surface area contributed by atoms with Crippen LogP contribution in [0.15, 0.2) is 12.2 Å². The fourth-order valence-electron chi connectivity index (χ4n) is 0.644. The molecule has 0 aliphatic carbocycles. The zero-order valence-electron chi connectivity index (χ0n) is 7.81. The summed E-state index contributed by atoms with van der Waals surface area (Å²) in [6.07, 6.45) is 1.50. The molecular weight excluding hydrogens is 190 g/mol. The Morgan fingerprint density at radius 3 is 2.36 bits per heavy atom. The highest BCUT2D eigenvalue weighted by molar-refractivity contribution is 5.95. The summed E-state index contributed by atoms with van der Waals surface area (Å²) in [5.41, 5.74) is 0. The molecule has 0 unspecified atom stereocenters. The molecule has 0 aliphatic heterocycles. The number of carbonyl (C=O) groups is 3. The normalized spacial score (nSPS) is 12.1. The monoisotopic (exact) mass is 201 g/mol. The predicted octanol–water partition coefficient (Wildman–Crippen LogP) is -0.695. The Hall–Kier alpha value is -1.85. The average molecular weight is 201 g/mol. The first-order valence-corrected chi connectivity index (χ1v) is 3.76. The van der Waals surface area contributed by atoms with Gasteiger partial charge >= 0.3 is 11.9 Å². The maximum atomic E-state index is 10.9. The summed E-state index contributed by atoms with van der Waals surface area (Å²) < 4.78 is 4.34. The fourth-order valence-corrected chi connectivity index (χ4v) is 0.644. The molecule has 0 bridgehead atoms. The van der Waals surface area contributed by atoms with E-state index in [1.54, 1.807) is 0 Å². The number of esters is 1. The number of ether oxygens (including phenoxy) is 1. The first-order chi connectivity index (χ1) is 6.47. The number of hydrogen-bond donors (Lipinski definition) is 2. The highest BCUT2D eigenvalue weighted by Crippen LogP contribution is 1.86. The molecule has 78 valence electrons. The van der Waals surface area contributed by atoms with Gasteiger partial charge in [-0.1, -0.05) is 0 Å². The number of amides is 1. The van der Waals surface area contributed by atoms with Crippen molar-refractivity contribution in [2.45, 2.75) is 13.0 Å². The van der Waals surface area contributed by atoms with E-state index >= 15 is 0 Å². The van der Waals surface area contributed by atoms with E-state index in [0.29, 0.717) is 6.08 Å². The van der Waals surface area contributed by atoms with E-state index in [0.717, 1.165) is 6.08 Å². The van der Waals surface area contributed by atoms with Crippen LogP contribution in [0.5, 0.6) is 0 Å². The lowest BCUT2D eigenvalue weighted by atomic mass is 10.3. The molecular formula is C8H11NO5. The molecule has 0 aromatic rings. The van der Waals surface area contributed by atoms with Crippen LogP contribution in [0.2, 0.25) is 0 Å². The van der Waals surface area contributed by atoms with Crippen molar-refractivity contribution in [1.82, 2.24) is 5.32 Å². The number of nitrogens with one attached hydrogen (secondary N) is 1.